The number of imide groups is 1. The molecular weight excluding hydrogens is 362 g/mol. The van der Waals surface area contributed by atoms with Gasteiger partial charge < -0.3 is 5.32 Å². The second kappa shape index (κ2) is 5.99. The maximum Gasteiger partial charge on any atom is 0.246 e. The lowest BCUT2D eigenvalue weighted by molar-refractivity contribution is -0.143. The van der Waals surface area contributed by atoms with Crippen molar-refractivity contribution in [3.63, 3.8) is 0 Å². The maximum absolute atomic E-state index is 12.7. The molecule has 2 fully saturated rings. The van der Waals surface area contributed by atoms with E-state index < -0.39 is 0 Å². The van der Waals surface area contributed by atoms with Gasteiger partial charge in [-0.25, -0.2) is 4.98 Å². The summed E-state index contributed by atoms with van der Waals surface area (Å²) < 4.78 is 1.01. The number of thiazole rings is 1. The molecule has 1 aliphatic heterocycles. The molecule has 7 heteroatoms. The van der Waals surface area contributed by atoms with Crippen molar-refractivity contribution in [2.75, 3.05) is 11.9 Å². The van der Waals surface area contributed by atoms with E-state index in [9.17, 15) is 14.4 Å². The Morgan fingerprint density at radius 1 is 1.22 bits per heavy atom. The summed E-state index contributed by atoms with van der Waals surface area (Å²) in [6, 6.07) is 6.04. The van der Waals surface area contributed by atoms with Gasteiger partial charge in [0, 0.05) is 0 Å². The molecule has 2 bridgehead atoms. The number of hydrogen-bond donors (Lipinski definition) is 1. The third-order valence-electron chi connectivity index (χ3n) is 5.97. The molecule has 0 spiro atoms. The number of amides is 3. The van der Waals surface area contributed by atoms with Crippen LogP contribution in [0.1, 0.15) is 18.9 Å². The third-order valence-corrected chi connectivity index (χ3v) is 6.90. The topological polar surface area (TPSA) is 79.4 Å². The third kappa shape index (κ3) is 2.52. The van der Waals surface area contributed by atoms with E-state index in [1.807, 2.05) is 24.3 Å². The summed E-state index contributed by atoms with van der Waals surface area (Å²) in [7, 11) is 0. The molecule has 1 saturated heterocycles. The number of likely N-dealkylation sites (tertiary alicyclic amines) is 1. The first-order chi connectivity index (χ1) is 13.0. The molecule has 1 aromatic carbocycles. The summed E-state index contributed by atoms with van der Waals surface area (Å²) in [5.41, 5.74) is 2.05. The summed E-state index contributed by atoms with van der Waals surface area (Å²) >= 11 is 1.40. The van der Waals surface area contributed by atoms with Crippen molar-refractivity contribution in [1.82, 2.24) is 9.88 Å². The largest absolute Gasteiger partial charge is 0.300 e. The van der Waals surface area contributed by atoms with Gasteiger partial charge in [0.25, 0.3) is 0 Å². The number of carbonyl (C=O) groups is 3. The minimum atomic E-state index is -0.383. The van der Waals surface area contributed by atoms with Gasteiger partial charge in [0.1, 0.15) is 6.54 Å². The number of anilines is 1. The molecule has 138 valence electrons. The molecule has 6 nitrogen and oxygen atoms in total. The number of benzene rings is 1. The van der Waals surface area contributed by atoms with Gasteiger partial charge in [-0.15, -0.1) is 0 Å². The highest BCUT2D eigenvalue weighted by molar-refractivity contribution is 7.22. The quantitative estimate of drug-likeness (QED) is 0.652. The Kier molecular flexibility index (Phi) is 3.69. The predicted octanol–water partition coefficient (Wildman–Crippen LogP) is 2.60. The lowest BCUT2D eigenvalue weighted by Gasteiger charge is -2.16. The summed E-state index contributed by atoms with van der Waals surface area (Å²) in [5.74, 6) is -1.01. The van der Waals surface area contributed by atoms with Crippen molar-refractivity contribution in [3.8, 4) is 0 Å². The van der Waals surface area contributed by atoms with Gasteiger partial charge in [-0.05, 0) is 42.4 Å². The van der Waals surface area contributed by atoms with Crippen LogP contribution in [0.15, 0.2) is 30.4 Å². The molecule has 2 heterocycles. The van der Waals surface area contributed by atoms with Crippen LogP contribution in [-0.2, 0) is 20.8 Å². The first-order valence-electron chi connectivity index (χ1n) is 9.28. The zero-order valence-corrected chi connectivity index (χ0v) is 15.7. The van der Waals surface area contributed by atoms with Crippen molar-refractivity contribution >= 4 is 44.4 Å². The average molecular weight is 381 g/mol. The fourth-order valence-electron chi connectivity index (χ4n) is 4.66. The Balaban J connectivity index is 1.30. The molecular formula is C20H19N3O3S. The molecule has 3 amide bonds. The van der Waals surface area contributed by atoms with Crippen molar-refractivity contribution in [3.05, 3.63) is 35.9 Å². The first kappa shape index (κ1) is 16.6. The van der Waals surface area contributed by atoms with E-state index in [-0.39, 0.29) is 47.9 Å². The highest BCUT2D eigenvalue weighted by Gasteiger charge is 2.59. The molecule has 0 radical (unpaired) electrons. The van der Waals surface area contributed by atoms with Gasteiger partial charge in [-0.2, -0.15) is 0 Å². The van der Waals surface area contributed by atoms with Crippen LogP contribution in [0.2, 0.25) is 0 Å². The second-order valence-corrected chi connectivity index (χ2v) is 8.52. The molecule has 4 atom stereocenters. The standard InChI is InChI=1S/C20H19N3O3S/c1-2-10-3-6-13-14(7-10)27-20(21-13)22-15(24)9-23-18(25)16-11-4-5-12(8-11)17(16)19(23)26/h3-7,11-12,16-17H,2,8-9H2,1H3,(H,21,22,24). The van der Waals surface area contributed by atoms with Gasteiger partial charge in [-0.1, -0.05) is 36.5 Å². The Bertz CT molecular complexity index is 981. The van der Waals surface area contributed by atoms with Gasteiger partial charge in [0.2, 0.25) is 17.7 Å². The number of rotatable bonds is 4. The van der Waals surface area contributed by atoms with Crippen molar-refractivity contribution < 1.29 is 14.4 Å². The molecule has 2 aromatic rings. The molecule has 5 rings (SSSR count). The molecule has 4 unspecified atom stereocenters. The van der Waals surface area contributed by atoms with Gasteiger partial charge in [0.05, 0.1) is 22.1 Å². The lowest BCUT2D eigenvalue weighted by Crippen LogP contribution is -2.39. The molecule has 1 N–H and O–H groups in total. The van der Waals surface area contributed by atoms with E-state index in [1.165, 1.54) is 16.9 Å². The maximum atomic E-state index is 12.7. The van der Waals surface area contributed by atoms with Crippen molar-refractivity contribution in [2.45, 2.75) is 19.8 Å². The van der Waals surface area contributed by atoms with Crippen molar-refractivity contribution in [1.29, 1.82) is 0 Å². The summed E-state index contributed by atoms with van der Waals surface area (Å²) in [6.07, 6.45) is 5.92. The highest BCUT2D eigenvalue weighted by Crippen LogP contribution is 2.52. The lowest BCUT2D eigenvalue weighted by atomic mass is 9.85. The van der Waals surface area contributed by atoms with E-state index in [1.54, 1.807) is 0 Å². The highest BCUT2D eigenvalue weighted by atomic mass is 32.1. The molecule has 2 aliphatic carbocycles. The number of aryl methyl sites for hydroxylation is 1. The van der Waals surface area contributed by atoms with Crippen LogP contribution in [0.4, 0.5) is 5.13 Å². The minimum Gasteiger partial charge on any atom is -0.300 e. The monoisotopic (exact) mass is 381 g/mol. The number of allylic oxidation sites excluding steroid dienone is 2. The van der Waals surface area contributed by atoms with Crippen molar-refractivity contribution in [2.24, 2.45) is 23.7 Å². The van der Waals surface area contributed by atoms with E-state index >= 15 is 0 Å². The smallest absolute Gasteiger partial charge is 0.246 e. The second-order valence-electron chi connectivity index (χ2n) is 7.49. The number of carbonyl (C=O) groups excluding carboxylic acids is 3. The Morgan fingerprint density at radius 2 is 1.93 bits per heavy atom. The van der Waals surface area contributed by atoms with Crippen LogP contribution in [0.5, 0.6) is 0 Å². The van der Waals surface area contributed by atoms with E-state index in [0.717, 1.165) is 28.0 Å². The number of nitrogens with one attached hydrogen (secondary N) is 1. The van der Waals surface area contributed by atoms with Gasteiger partial charge in [-0.3, -0.25) is 19.3 Å². The summed E-state index contributed by atoms with van der Waals surface area (Å²) in [4.78, 5) is 43.3. The summed E-state index contributed by atoms with van der Waals surface area (Å²) in [6.45, 7) is 1.85. The summed E-state index contributed by atoms with van der Waals surface area (Å²) in [5, 5.41) is 3.24. The van der Waals surface area contributed by atoms with Gasteiger partial charge in [0.15, 0.2) is 5.13 Å². The predicted molar refractivity (Wildman–Crippen MR) is 102 cm³/mol. The van der Waals surface area contributed by atoms with E-state index in [0.29, 0.717) is 5.13 Å². The Hall–Kier alpha value is -2.54. The normalized spacial score (nSPS) is 28.4. The first-order valence-corrected chi connectivity index (χ1v) is 10.1. The molecule has 3 aliphatic rings. The van der Waals surface area contributed by atoms with Crippen LogP contribution in [0.3, 0.4) is 0 Å². The molecule has 1 aromatic heterocycles. The number of nitrogens with zero attached hydrogens (tertiary/aromatic N) is 2. The fraction of sp³-hybridized carbons (Fsp3) is 0.400. The fourth-order valence-corrected chi connectivity index (χ4v) is 5.61. The molecule has 27 heavy (non-hydrogen) atoms. The van der Waals surface area contributed by atoms with Crippen LogP contribution in [-0.4, -0.2) is 34.2 Å². The zero-order valence-electron chi connectivity index (χ0n) is 14.8. The Labute approximate surface area is 160 Å². The zero-order chi connectivity index (χ0) is 18.7. The number of fused-ring (bicyclic) bond motifs is 6. The Morgan fingerprint density at radius 3 is 2.59 bits per heavy atom. The van der Waals surface area contributed by atoms with E-state index in [2.05, 4.69) is 23.3 Å². The van der Waals surface area contributed by atoms with Crippen LogP contribution < -0.4 is 5.32 Å². The number of hydrogen-bond acceptors (Lipinski definition) is 5. The van der Waals surface area contributed by atoms with Crippen LogP contribution in [0, 0.1) is 23.7 Å². The van der Waals surface area contributed by atoms with Crippen LogP contribution in [0.25, 0.3) is 10.2 Å². The van der Waals surface area contributed by atoms with Crippen LogP contribution >= 0.6 is 11.3 Å². The van der Waals surface area contributed by atoms with E-state index in [4.69, 9.17) is 0 Å². The number of aromatic nitrogens is 1. The SMILES string of the molecule is CCc1ccc2nc(NC(=O)CN3C(=O)C4C5C=CC(C5)C4C3=O)sc2c1. The van der Waals surface area contributed by atoms with Gasteiger partial charge >= 0.3 is 0 Å². The minimum absolute atomic E-state index is 0.154. The average Bonchev–Trinajstić information content (AvgIpc) is 3.40. The molecule has 1 saturated carbocycles.